The first-order chi connectivity index (χ1) is 16.5. The molecule has 1 N–H and O–H groups in total. The minimum absolute atomic E-state index is 0.170. The van der Waals surface area contributed by atoms with Gasteiger partial charge in [0, 0.05) is 34.7 Å². The summed E-state index contributed by atoms with van der Waals surface area (Å²) in [5, 5.41) is 3.95. The van der Waals surface area contributed by atoms with Crippen LogP contribution in [0.4, 0.5) is 0 Å². The number of furan rings is 1. The number of amides is 1. The molecule has 0 saturated carbocycles. The van der Waals surface area contributed by atoms with Crippen LogP contribution in [0.5, 0.6) is 11.5 Å². The molecule has 174 valence electrons. The molecule has 0 bridgehead atoms. The Bertz CT molecular complexity index is 1340. The molecule has 1 aromatic heterocycles. The number of carbonyl (C=O) groups excluding carboxylic acids is 1. The quantitative estimate of drug-likeness (QED) is 0.307. The Balaban J connectivity index is 1.67. The van der Waals surface area contributed by atoms with Crippen molar-refractivity contribution in [2.45, 2.75) is 27.3 Å². The summed E-state index contributed by atoms with van der Waals surface area (Å²) in [7, 11) is 1.63. The van der Waals surface area contributed by atoms with Gasteiger partial charge < -0.3 is 19.2 Å². The van der Waals surface area contributed by atoms with Crippen molar-refractivity contribution in [3.05, 3.63) is 89.7 Å². The van der Waals surface area contributed by atoms with Crippen LogP contribution in [0, 0.1) is 6.92 Å². The molecule has 5 heteroatoms. The second kappa shape index (κ2) is 10.3. The van der Waals surface area contributed by atoms with Crippen molar-refractivity contribution in [3.8, 4) is 22.6 Å². The highest BCUT2D eigenvalue weighted by Crippen LogP contribution is 2.40. The van der Waals surface area contributed by atoms with Crippen LogP contribution in [-0.4, -0.2) is 19.6 Å². The molecule has 0 aliphatic rings. The fraction of sp³-hybridized carbons (Fsp3) is 0.207. The normalized spacial score (nSPS) is 11.5. The molecule has 34 heavy (non-hydrogen) atoms. The summed E-state index contributed by atoms with van der Waals surface area (Å²) in [6.45, 7) is 6.80. The zero-order valence-electron chi connectivity index (χ0n) is 20.0. The predicted molar refractivity (Wildman–Crippen MR) is 136 cm³/mol. The lowest BCUT2D eigenvalue weighted by Gasteiger charge is -2.15. The lowest BCUT2D eigenvalue weighted by Crippen LogP contribution is -2.20. The first-order valence-electron chi connectivity index (χ1n) is 11.3. The summed E-state index contributed by atoms with van der Waals surface area (Å²) in [5.41, 5.74) is 6.46. The Kier molecular flexibility index (Phi) is 7.02. The SMILES string of the molecule is CCOc1c(/C(C)=C/C(=O)NCc2cccc(OC)c2)cc2c(-c3ccccc3)coc2c1C. The average Bonchev–Trinajstić information content (AvgIpc) is 3.29. The van der Waals surface area contributed by atoms with E-state index >= 15 is 0 Å². The van der Waals surface area contributed by atoms with Gasteiger partial charge in [0.2, 0.25) is 5.91 Å². The molecule has 0 fully saturated rings. The van der Waals surface area contributed by atoms with Gasteiger partial charge in [-0.05, 0) is 55.7 Å². The third-order valence-corrected chi connectivity index (χ3v) is 5.79. The predicted octanol–water partition coefficient (Wildman–Crippen LogP) is 6.54. The molecule has 4 aromatic rings. The van der Waals surface area contributed by atoms with Crippen LogP contribution in [0.25, 0.3) is 27.7 Å². The maximum atomic E-state index is 12.7. The zero-order valence-corrected chi connectivity index (χ0v) is 20.0. The molecule has 0 aliphatic carbocycles. The number of nitrogens with one attached hydrogen (secondary N) is 1. The second-order valence-electron chi connectivity index (χ2n) is 8.10. The highest BCUT2D eigenvalue weighted by atomic mass is 16.5. The summed E-state index contributed by atoms with van der Waals surface area (Å²) in [5.74, 6) is 1.33. The van der Waals surface area contributed by atoms with Crippen LogP contribution >= 0.6 is 0 Å². The minimum atomic E-state index is -0.170. The third-order valence-electron chi connectivity index (χ3n) is 5.79. The Labute approximate surface area is 200 Å². The Morgan fingerprint density at radius 2 is 1.88 bits per heavy atom. The van der Waals surface area contributed by atoms with Gasteiger partial charge in [-0.3, -0.25) is 4.79 Å². The number of ether oxygens (including phenoxy) is 2. The first-order valence-corrected chi connectivity index (χ1v) is 11.3. The topological polar surface area (TPSA) is 60.7 Å². The number of carbonyl (C=O) groups is 1. The van der Waals surface area contributed by atoms with Gasteiger partial charge in [-0.2, -0.15) is 0 Å². The van der Waals surface area contributed by atoms with E-state index in [1.165, 1.54) is 0 Å². The standard InChI is InChI=1S/C29H29NO4/c1-5-33-28-20(3)29-25(26(18-34-29)22-11-7-6-8-12-22)16-24(28)19(2)14-27(31)30-17-21-10-9-13-23(15-21)32-4/h6-16,18H,5,17H2,1-4H3,(H,30,31)/b19-14+. The molecule has 0 unspecified atom stereocenters. The number of rotatable bonds is 8. The molecule has 3 aromatic carbocycles. The summed E-state index contributed by atoms with van der Waals surface area (Å²) >= 11 is 0. The van der Waals surface area contributed by atoms with Crippen LogP contribution in [0.3, 0.4) is 0 Å². The van der Waals surface area contributed by atoms with E-state index in [2.05, 4.69) is 23.5 Å². The Hall–Kier alpha value is -3.99. The smallest absolute Gasteiger partial charge is 0.244 e. The average molecular weight is 456 g/mol. The van der Waals surface area contributed by atoms with E-state index in [0.717, 1.165) is 55.9 Å². The lowest BCUT2D eigenvalue weighted by atomic mass is 9.96. The van der Waals surface area contributed by atoms with Crippen LogP contribution < -0.4 is 14.8 Å². The number of hydrogen-bond donors (Lipinski definition) is 1. The van der Waals surface area contributed by atoms with Gasteiger partial charge >= 0.3 is 0 Å². The number of hydrogen-bond acceptors (Lipinski definition) is 4. The largest absolute Gasteiger partial charge is 0.497 e. The maximum Gasteiger partial charge on any atom is 0.244 e. The van der Waals surface area contributed by atoms with Crippen molar-refractivity contribution in [2.24, 2.45) is 0 Å². The summed E-state index contributed by atoms with van der Waals surface area (Å²) in [4.78, 5) is 12.7. The highest BCUT2D eigenvalue weighted by Gasteiger charge is 2.19. The third kappa shape index (κ3) is 4.84. The number of methoxy groups -OCH3 is 1. The molecule has 4 rings (SSSR count). The lowest BCUT2D eigenvalue weighted by molar-refractivity contribution is -0.116. The fourth-order valence-corrected chi connectivity index (χ4v) is 4.08. The number of fused-ring (bicyclic) bond motifs is 1. The van der Waals surface area contributed by atoms with Crippen LogP contribution in [0.15, 0.2) is 77.4 Å². The van der Waals surface area contributed by atoms with Crippen molar-refractivity contribution in [3.63, 3.8) is 0 Å². The molecule has 0 radical (unpaired) electrons. The molecule has 0 saturated heterocycles. The second-order valence-corrected chi connectivity index (χ2v) is 8.10. The van der Waals surface area contributed by atoms with Crippen molar-refractivity contribution in [1.82, 2.24) is 5.32 Å². The first kappa shape index (κ1) is 23.2. The molecule has 0 spiro atoms. The molecular weight excluding hydrogens is 426 g/mol. The van der Waals surface area contributed by atoms with E-state index in [-0.39, 0.29) is 5.91 Å². The van der Waals surface area contributed by atoms with Gasteiger partial charge in [0.25, 0.3) is 0 Å². The van der Waals surface area contributed by atoms with Gasteiger partial charge in [0.15, 0.2) is 0 Å². The summed E-state index contributed by atoms with van der Waals surface area (Å²) < 4.78 is 17.2. The van der Waals surface area contributed by atoms with Crippen LogP contribution in [-0.2, 0) is 11.3 Å². The van der Waals surface area contributed by atoms with Gasteiger partial charge in [-0.15, -0.1) is 0 Å². The van der Waals surface area contributed by atoms with E-state index in [1.54, 1.807) is 19.4 Å². The summed E-state index contributed by atoms with van der Waals surface area (Å²) in [6, 6.07) is 19.8. The molecule has 1 heterocycles. The summed E-state index contributed by atoms with van der Waals surface area (Å²) in [6.07, 6.45) is 3.40. The molecule has 5 nitrogen and oxygen atoms in total. The van der Waals surface area contributed by atoms with Crippen molar-refractivity contribution in [1.29, 1.82) is 0 Å². The number of aryl methyl sites for hydroxylation is 1. The maximum absolute atomic E-state index is 12.7. The van der Waals surface area contributed by atoms with E-state index in [4.69, 9.17) is 13.9 Å². The van der Waals surface area contributed by atoms with Gasteiger partial charge in [-0.25, -0.2) is 0 Å². The van der Waals surface area contributed by atoms with E-state index in [0.29, 0.717) is 13.2 Å². The molecular formula is C29H29NO4. The van der Waals surface area contributed by atoms with Gasteiger partial charge in [0.05, 0.1) is 20.0 Å². The van der Waals surface area contributed by atoms with Crippen molar-refractivity contribution in [2.75, 3.05) is 13.7 Å². The Morgan fingerprint density at radius 1 is 1.09 bits per heavy atom. The van der Waals surface area contributed by atoms with Crippen molar-refractivity contribution < 1.29 is 18.7 Å². The van der Waals surface area contributed by atoms with E-state index in [1.807, 2.05) is 63.2 Å². The fourth-order valence-electron chi connectivity index (χ4n) is 4.08. The highest BCUT2D eigenvalue weighted by molar-refractivity contribution is 6.01. The number of benzene rings is 3. The van der Waals surface area contributed by atoms with Crippen LogP contribution in [0.2, 0.25) is 0 Å². The van der Waals surface area contributed by atoms with Crippen molar-refractivity contribution >= 4 is 22.4 Å². The molecule has 0 aliphatic heterocycles. The van der Waals surface area contributed by atoms with Gasteiger partial charge in [-0.1, -0.05) is 42.5 Å². The molecule has 0 atom stereocenters. The Morgan fingerprint density at radius 3 is 2.62 bits per heavy atom. The van der Waals surface area contributed by atoms with Gasteiger partial charge in [0.1, 0.15) is 17.1 Å². The molecule has 1 amide bonds. The minimum Gasteiger partial charge on any atom is -0.497 e. The van der Waals surface area contributed by atoms with E-state index in [9.17, 15) is 4.79 Å². The van der Waals surface area contributed by atoms with E-state index < -0.39 is 0 Å². The number of allylic oxidation sites excluding steroid dienone is 1. The zero-order chi connectivity index (χ0) is 24.1. The monoisotopic (exact) mass is 455 g/mol. The van der Waals surface area contributed by atoms with Crippen LogP contribution in [0.1, 0.15) is 30.5 Å².